The topological polar surface area (TPSA) is 89.4 Å². The number of furan rings is 1. The zero-order chi connectivity index (χ0) is 18.2. The van der Waals surface area contributed by atoms with Gasteiger partial charge in [-0.05, 0) is 53.2 Å². The number of carbonyl (C=O) groups excluding carboxylic acids is 3. The molecule has 6 heteroatoms. The van der Waals surface area contributed by atoms with Crippen LogP contribution in [0, 0.1) is 27.7 Å². The Morgan fingerprint density at radius 1 is 1.17 bits per heavy atom. The van der Waals surface area contributed by atoms with Crippen LogP contribution in [0.2, 0.25) is 0 Å². The van der Waals surface area contributed by atoms with Crippen LogP contribution in [0.5, 0.6) is 0 Å². The number of rotatable bonds is 5. The van der Waals surface area contributed by atoms with E-state index in [0.717, 1.165) is 0 Å². The summed E-state index contributed by atoms with van der Waals surface area (Å²) in [5.41, 5.74) is 2.29. The number of aromatic nitrogens is 1. The van der Waals surface area contributed by atoms with E-state index in [1.165, 1.54) is 13.8 Å². The summed E-state index contributed by atoms with van der Waals surface area (Å²) in [7, 11) is 0. The Kier molecular flexibility index (Phi) is 4.78. The fraction of sp³-hybridized carbons (Fsp3) is 0.389. The Morgan fingerprint density at radius 2 is 1.79 bits per heavy atom. The van der Waals surface area contributed by atoms with E-state index >= 15 is 0 Å². The molecule has 0 saturated heterocycles. The molecule has 0 saturated carbocycles. The van der Waals surface area contributed by atoms with Gasteiger partial charge in [0, 0.05) is 11.3 Å². The summed E-state index contributed by atoms with van der Waals surface area (Å²) in [6, 6.07) is 1.58. The standard InChI is InChI=1S/C18H21NO5/c1-8-7-14(12(5)23-8)18(22)24-13(6)17(21)16-9(2)15(11(4)20)10(3)19-16/h7,13,19H,1-6H3/t13-/m1/s1. The lowest BCUT2D eigenvalue weighted by Gasteiger charge is -2.11. The van der Waals surface area contributed by atoms with Gasteiger partial charge in [-0.3, -0.25) is 9.59 Å². The van der Waals surface area contributed by atoms with Crippen LogP contribution in [0.25, 0.3) is 0 Å². The fourth-order valence-electron chi connectivity index (χ4n) is 2.84. The van der Waals surface area contributed by atoms with Crippen LogP contribution in [0.3, 0.4) is 0 Å². The number of aromatic amines is 1. The van der Waals surface area contributed by atoms with Crippen molar-refractivity contribution < 1.29 is 23.5 Å². The number of nitrogens with one attached hydrogen (secondary N) is 1. The van der Waals surface area contributed by atoms with Gasteiger partial charge in [0.1, 0.15) is 17.1 Å². The van der Waals surface area contributed by atoms with E-state index in [9.17, 15) is 14.4 Å². The molecule has 2 heterocycles. The Labute approximate surface area is 140 Å². The van der Waals surface area contributed by atoms with Gasteiger partial charge in [-0.15, -0.1) is 0 Å². The van der Waals surface area contributed by atoms with Crippen LogP contribution < -0.4 is 0 Å². The molecule has 128 valence electrons. The lowest BCUT2D eigenvalue weighted by molar-refractivity contribution is 0.0315. The van der Waals surface area contributed by atoms with E-state index < -0.39 is 12.1 Å². The van der Waals surface area contributed by atoms with E-state index in [0.29, 0.717) is 33.9 Å². The number of H-pyrrole nitrogens is 1. The van der Waals surface area contributed by atoms with Crippen molar-refractivity contribution in [2.75, 3.05) is 0 Å². The number of hydrogen-bond donors (Lipinski definition) is 1. The first kappa shape index (κ1) is 17.7. The summed E-state index contributed by atoms with van der Waals surface area (Å²) >= 11 is 0. The molecule has 0 aliphatic rings. The van der Waals surface area contributed by atoms with Gasteiger partial charge in [0.05, 0.1) is 5.69 Å². The van der Waals surface area contributed by atoms with Gasteiger partial charge in [-0.25, -0.2) is 4.79 Å². The molecule has 0 fully saturated rings. The second-order valence-electron chi connectivity index (χ2n) is 5.92. The van der Waals surface area contributed by atoms with Crippen molar-refractivity contribution >= 4 is 17.5 Å². The number of hydrogen-bond acceptors (Lipinski definition) is 5. The van der Waals surface area contributed by atoms with Crippen LogP contribution >= 0.6 is 0 Å². The highest BCUT2D eigenvalue weighted by Crippen LogP contribution is 2.21. The van der Waals surface area contributed by atoms with Crippen LogP contribution in [0.1, 0.15) is 67.8 Å². The summed E-state index contributed by atoms with van der Waals surface area (Å²) in [6.45, 7) is 9.78. The Bertz CT molecular complexity index is 825. The van der Waals surface area contributed by atoms with Crippen molar-refractivity contribution in [1.82, 2.24) is 4.98 Å². The number of Topliss-reactive ketones (excluding diaryl/α,β-unsaturated/α-hetero) is 2. The first-order valence-corrected chi connectivity index (χ1v) is 7.65. The van der Waals surface area contributed by atoms with Crippen LogP contribution in [0.15, 0.2) is 10.5 Å². The van der Waals surface area contributed by atoms with Crippen molar-refractivity contribution in [3.05, 3.63) is 45.7 Å². The monoisotopic (exact) mass is 331 g/mol. The number of carbonyl (C=O) groups is 3. The Balaban J connectivity index is 2.21. The fourth-order valence-corrected chi connectivity index (χ4v) is 2.84. The number of esters is 1. The lowest BCUT2D eigenvalue weighted by Crippen LogP contribution is -2.25. The molecule has 0 aliphatic carbocycles. The summed E-state index contributed by atoms with van der Waals surface area (Å²) in [4.78, 5) is 39.4. The number of ketones is 2. The molecule has 1 atom stereocenters. The molecule has 24 heavy (non-hydrogen) atoms. The van der Waals surface area contributed by atoms with Crippen LogP contribution in [0.4, 0.5) is 0 Å². The quantitative estimate of drug-likeness (QED) is 0.669. The molecule has 0 radical (unpaired) electrons. The molecule has 2 aromatic rings. The van der Waals surface area contributed by atoms with Crippen molar-refractivity contribution in [2.45, 2.75) is 47.6 Å². The lowest BCUT2D eigenvalue weighted by atomic mass is 10.0. The molecule has 0 aliphatic heterocycles. The smallest absolute Gasteiger partial charge is 0.342 e. The maximum absolute atomic E-state index is 12.6. The highest BCUT2D eigenvalue weighted by molar-refractivity contribution is 6.05. The molecule has 2 aromatic heterocycles. The molecule has 0 bridgehead atoms. The first-order valence-electron chi connectivity index (χ1n) is 7.65. The third kappa shape index (κ3) is 3.18. The van der Waals surface area contributed by atoms with Gasteiger partial charge < -0.3 is 14.1 Å². The highest BCUT2D eigenvalue weighted by atomic mass is 16.5. The van der Waals surface area contributed by atoms with Crippen molar-refractivity contribution in [1.29, 1.82) is 0 Å². The second-order valence-corrected chi connectivity index (χ2v) is 5.92. The summed E-state index contributed by atoms with van der Waals surface area (Å²) < 4.78 is 10.6. The minimum absolute atomic E-state index is 0.116. The molecule has 0 spiro atoms. The van der Waals surface area contributed by atoms with Gasteiger partial charge in [-0.2, -0.15) is 0 Å². The SMILES string of the molecule is CC(=O)c1c(C)[nH]c(C(=O)[C@@H](C)OC(=O)c2cc(C)oc2C)c1C. The predicted octanol–water partition coefficient (Wildman–Crippen LogP) is 3.47. The zero-order valence-corrected chi connectivity index (χ0v) is 14.7. The molecule has 0 unspecified atom stereocenters. The van der Waals surface area contributed by atoms with Gasteiger partial charge in [0.15, 0.2) is 11.9 Å². The van der Waals surface area contributed by atoms with Crippen molar-refractivity contribution in [3.63, 3.8) is 0 Å². The van der Waals surface area contributed by atoms with E-state index in [1.807, 2.05) is 0 Å². The molecule has 6 nitrogen and oxygen atoms in total. The largest absolute Gasteiger partial charge is 0.466 e. The number of aryl methyl sites for hydroxylation is 3. The van der Waals surface area contributed by atoms with E-state index in [-0.39, 0.29) is 17.3 Å². The Hall–Kier alpha value is -2.63. The third-order valence-corrected chi connectivity index (χ3v) is 3.95. The molecule has 1 N–H and O–H groups in total. The van der Waals surface area contributed by atoms with Crippen molar-refractivity contribution in [2.24, 2.45) is 0 Å². The van der Waals surface area contributed by atoms with Crippen molar-refractivity contribution in [3.8, 4) is 0 Å². The molecule has 2 rings (SSSR count). The van der Waals surface area contributed by atoms with Crippen LogP contribution in [-0.2, 0) is 4.74 Å². The Morgan fingerprint density at radius 3 is 2.25 bits per heavy atom. The number of ether oxygens (including phenoxy) is 1. The average Bonchev–Trinajstić information content (AvgIpc) is 2.96. The zero-order valence-electron chi connectivity index (χ0n) is 14.7. The summed E-state index contributed by atoms with van der Waals surface area (Å²) in [6.07, 6.45) is -0.983. The second kappa shape index (κ2) is 6.47. The average molecular weight is 331 g/mol. The summed E-state index contributed by atoms with van der Waals surface area (Å²) in [5, 5.41) is 0. The van der Waals surface area contributed by atoms with Gasteiger partial charge >= 0.3 is 5.97 Å². The predicted molar refractivity (Wildman–Crippen MR) is 87.7 cm³/mol. The molecule has 0 aromatic carbocycles. The maximum Gasteiger partial charge on any atom is 0.342 e. The van der Waals surface area contributed by atoms with E-state index in [2.05, 4.69) is 4.98 Å². The van der Waals surface area contributed by atoms with Crippen LogP contribution in [-0.4, -0.2) is 28.6 Å². The molecular formula is C18H21NO5. The normalized spacial score (nSPS) is 12.1. The van der Waals surface area contributed by atoms with Gasteiger partial charge in [0.25, 0.3) is 0 Å². The maximum atomic E-state index is 12.6. The third-order valence-electron chi connectivity index (χ3n) is 3.95. The summed E-state index contributed by atoms with van der Waals surface area (Å²) in [5.74, 6) is -0.0648. The minimum Gasteiger partial charge on any atom is -0.466 e. The molecular weight excluding hydrogens is 310 g/mol. The van der Waals surface area contributed by atoms with Gasteiger partial charge in [-0.1, -0.05) is 0 Å². The van der Waals surface area contributed by atoms with E-state index in [1.54, 1.807) is 33.8 Å². The van der Waals surface area contributed by atoms with Gasteiger partial charge in [0.2, 0.25) is 5.78 Å². The molecule has 0 amide bonds. The first-order chi connectivity index (χ1) is 11.1. The highest BCUT2D eigenvalue weighted by Gasteiger charge is 2.27. The minimum atomic E-state index is -0.983. The van der Waals surface area contributed by atoms with E-state index in [4.69, 9.17) is 9.15 Å².